The molecule has 114 valence electrons. The summed E-state index contributed by atoms with van der Waals surface area (Å²) in [6.07, 6.45) is 1.78. The number of carbonyl (C=O) groups is 2. The molecule has 2 atom stereocenters. The van der Waals surface area contributed by atoms with Crippen LogP contribution < -0.4 is 0 Å². The molecule has 0 aromatic rings. The van der Waals surface area contributed by atoms with Crippen LogP contribution in [0.5, 0.6) is 0 Å². The second-order valence-electron chi connectivity index (χ2n) is 5.65. The number of likely N-dealkylation sites (tertiary alicyclic amines) is 2. The van der Waals surface area contributed by atoms with Crippen LogP contribution >= 0.6 is 0 Å². The highest BCUT2D eigenvalue weighted by molar-refractivity contribution is 5.83. The van der Waals surface area contributed by atoms with Gasteiger partial charge in [0.25, 0.3) is 0 Å². The summed E-state index contributed by atoms with van der Waals surface area (Å²) in [5.74, 6) is -1.05. The van der Waals surface area contributed by atoms with Crippen molar-refractivity contribution in [2.75, 3.05) is 39.8 Å². The predicted molar refractivity (Wildman–Crippen MR) is 72.5 cm³/mol. The lowest BCUT2D eigenvalue weighted by atomic mass is 10.2. The minimum Gasteiger partial charge on any atom is -0.480 e. The second-order valence-corrected chi connectivity index (χ2v) is 5.65. The highest BCUT2D eigenvalue weighted by Crippen LogP contribution is 2.19. The Bertz CT molecular complexity index is 371. The summed E-state index contributed by atoms with van der Waals surface area (Å²) >= 11 is 0. The van der Waals surface area contributed by atoms with Gasteiger partial charge in [0.2, 0.25) is 0 Å². The van der Waals surface area contributed by atoms with Gasteiger partial charge in [-0.2, -0.15) is 0 Å². The molecular formula is C13H23N3O4. The Balaban J connectivity index is 1.86. The van der Waals surface area contributed by atoms with E-state index in [1.807, 2.05) is 0 Å². The topological polar surface area (TPSA) is 84.3 Å². The van der Waals surface area contributed by atoms with Crippen LogP contribution in [0.1, 0.15) is 19.3 Å². The summed E-state index contributed by atoms with van der Waals surface area (Å²) < 4.78 is 0. The Morgan fingerprint density at radius 2 is 1.95 bits per heavy atom. The van der Waals surface area contributed by atoms with Gasteiger partial charge in [0.15, 0.2) is 0 Å². The zero-order chi connectivity index (χ0) is 14.7. The van der Waals surface area contributed by atoms with E-state index >= 15 is 0 Å². The van der Waals surface area contributed by atoms with Gasteiger partial charge in [-0.15, -0.1) is 0 Å². The van der Waals surface area contributed by atoms with Crippen LogP contribution in [0.2, 0.25) is 0 Å². The molecule has 2 N–H and O–H groups in total. The molecule has 0 radical (unpaired) electrons. The molecule has 2 heterocycles. The number of carboxylic acid groups (broad SMARTS) is 1. The maximum atomic E-state index is 12.3. The van der Waals surface area contributed by atoms with Crippen LogP contribution in [0.3, 0.4) is 0 Å². The first kappa shape index (κ1) is 15.1. The average molecular weight is 285 g/mol. The van der Waals surface area contributed by atoms with E-state index in [9.17, 15) is 14.7 Å². The largest absolute Gasteiger partial charge is 0.480 e. The van der Waals surface area contributed by atoms with E-state index in [1.165, 1.54) is 17.7 Å². The minimum atomic E-state index is -1.05. The van der Waals surface area contributed by atoms with Crippen molar-refractivity contribution in [3.63, 3.8) is 0 Å². The van der Waals surface area contributed by atoms with E-state index in [2.05, 4.69) is 4.90 Å². The number of carbonyl (C=O) groups excluding carboxylic acids is 1. The third-order valence-electron chi connectivity index (χ3n) is 4.09. The normalized spacial score (nSPS) is 27.0. The maximum absolute atomic E-state index is 12.3. The van der Waals surface area contributed by atoms with Crippen LogP contribution in [0, 0.1) is 0 Å². The van der Waals surface area contributed by atoms with Crippen LogP contribution in [0.15, 0.2) is 0 Å². The molecule has 2 fully saturated rings. The fourth-order valence-electron chi connectivity index (χ4n) is 2.87. The molecule has 2 aliphatic rings. The van der Waals surface area contributed by atoms with Crippen molar-refractivity contribution >= 4 is 12.0 Å². The van der Waals surface area contributed by atoms with Crippen LogP contribution in [-0.2, 0) is 4.79 Å². The van der Waals surface area contributed by atoms with Gasteiger partial charge in [-0.1, -0.05) is 0 Å². The van der Waals surface area contributed by atoms with Crippen molar-refractivity contribution in [3.8, 4) is 0 Å². The molecule has 0 aliphatic carbocycles. The van der Waals surface area contributed by atoms with Crippen LogP contribution in [0.25, 0.3) is 0 Å². The Morgan fingerprint density at radius 1 is 1.30 bits per heavy atom. The molecule has 2 saturated heterocycles. The first-order valence-electron chi connectivity index (χ1n) is 7.14. The van der Waals surface area contributed by atoms with Gasteiger partial charge in [0, 0.05) is 33.1 Å². The van der Waals surface area contributed by atoms with Crippen molar-refractivity contribution in [1.82, 2.24) is 14.7 Å². The quantitative estimate of drug-likeness (QED) is 0.738. The molecule has 0 spiro atoms. The number of urea groups is 1. The van der Waals surface area contributed by atoms with Crippen LogP contribution in [-0.4, -0.2) is 88.8 Å². The Morgan fingerprint density at radius 3 is 2.55 bits per heavy atom. The van der Waals surface area contributed by atoms with Crippen molar-refractivity contribution < 1.29 is 19.8 Å². The van der Waals surface area contributed by atoms with E-state index in [-0.39, 0.29) is 19.0 Å². The zero-order valence-corrected chi connectivity index (χ0v) is 11.9. The highest BCUT2D eigenvalue weighted by Gasteiger charge is 2.40. The molecule has 2 aliphatic heterocycles. The summed E-state index contributed by atoms with van der Waals surface area (Å²) in [7, 11) is 1.68. The lowest BCUT2D eigenvalue weighted by Gasteiger charge is -2.28. The van der Waals surface area contributed by atoms with E-state index in [0.717, 1.165) is 19.6 Å². The molecule has 2 unspecified atom stereocenters. The van der Waals surface area contributed by atoms with Gasteiger partial charge in [0.05, 0.1) is 6.10 Å². The standard InChI is InChI=1S/C13H23N3O4/c1-14(6-7-15-4-2-3-5-15)13(20)16-9-10(17)8-11(16)12(18)19/h10-11,17H,2-9H2,1H3,(H,18,19). The first-order valence-corrected chi connectivity index (χ1v) is 7.14. The van der Waals surface area contributed by atoms with E-state index in [4.69, 9.17) is 5.11 Å². The number of aliphatic hydroxyl groups excluding tert-OH is 1. The van der Waals surface area contributed by atoms with Crippen molar-refractivity contribution in [1.29, 1.82) is 0 Å². The summed E-state index contributed by atoms with van der Waals surface area (Å²) in [6.45, 7) is 3.64. The summed E-state index contributed by atoms with van der Waals surface area (Å²) in [5.41, 5.74) is 0. The Labute approximate surface area is 118 Å². The lowest BCUT2D eigenvalue weighted by molar-refractivity contribution is -0.141. The molecule has 7 heteroatoms. The summed E-state index contributed by atoms with van der Waals surface area (Å²) in [6, 6.07) is -1.22. The highest BCUT2D eigenvalue weighted by atomic mass is 16.4. The summed E-state index contributed by atoms with van der Waals surface area (Å²) in [5, 5.41) is 18.7. The number of aliphatic carboxylic acids is 1. The van der Waals surface area contributed by atoms with Crippen LogP contribution in [0.4, 0.5) is 4.79 Å². The van der Waals surface area contributed by atoms with Crippen molar-refractivity contribution in [2.45, 2.75) is 31.4 Å². The molecule has 7 nitrogen and oxygen atoms in total. The molecule has 0 aromatic heterocycles. The third-order valence-corrected chi connectivity index (χ3v) is 4.09. The van der Waals surface area contributed by atoms with Crippen molar-refractivity contribution in [2.24, 2.45) is 0 Å². The molecule has 0 aromatic carbocycles. The number of aliphatic hydroxyl groups is 1. The average Bonchev–Trinajstić information content (AvgIpc) is 3.03. The van der Waals surface area contributed by atoms with Gasteiger partial charge in [-0.25, -0.2) is 9.59 Å². The monoisotopic (exact) mass is 285 g/mol. The molecule has 2 amide bonds. The lowest BCUT2D eigenvalue weighted by Crippen LogP contribution is -2.48. The van der Waals surface area contributed by atoms with E-state index in [0.29, 0.717) is 6.54 Å². The minimum absolute atomic E-state index is 0.101. The Hall–Kier alpha value is -1.34. The number of likely N-dealkylation sites (N-methyl/N-ethyl adjacent to an activating group) is 1. The second kappa shape index (κ2) is 6.41. The molecule has 20 heavy (non-hydrogen) atoms. The zero-order valence-electron chi connectivity index (χ0n) is 11.9. The van der Waals surface area contributed by atoms with Gasteiger partial charge < -0.3 is 24.9 Å². The van der Waals surface area contributed by atoms with E-state index < -0.39 is 18.1 Å². The number of β-amino-alcohol motifs (C(OH)–C–C–N with tert-alkyl or cyclic N) is 1. The fraction of sp³-hybridized carbons (Fsp3) is 0.846. The third kappa shape index (κ3) is 3.40. The number of hydrogen-bond donors (Lipinski definition) is 2. The smallest absolute Gasteiger partial charge is 0.326 e. The predicted octanol–water partition coefficient (Wildman–Crippen LogP) is -0.346. The van der Waals surface area contributed by atoms with Gasteiger partial charge in [0.1, 0.15) is 6.04 Å². The number of rotatable bonds is 4. The summed E-state index contributed by atoms with van der Waals surface area (Å²) in [4.78, 5) is 28.5. The Kier molecular flexibility index (Phi) is 4.82. The number of nitrogens with zero attached hydrogens (tertiary/aromatic N) is 3. The van der Waals surface area contributed by atoms with E-state index in [1.54, 1.807) is 11.9 Å². The first-order chi connectivity index (χ1) is 9.49. The number of carboxylic acids is 1. The number of hydrogen-bond acceptors (Lipinski definition) is 4. The SMILES string of the molecule is CN(CCN1CCCC1)C(=O)N1CC(O)CC1C(=O)O. The molecule has 2 rings (SSSR count). The van der Waals surface area contributed by atoms with Gasteiger partial charge >= 0.3 is 12.0 Å². The van der Waals surface area contributed by atoms with Gasteiger partial charge in [-0.05, 0) is 25.9 Å². The molecule has 0 saturated carbocycles. The van der Waals surface area contributed by atoms with Gasteiger partial charge in [-0.3, -0.25) is 0 Å². The number of amides is 2. The maximum Gasteiger partial charge on any atom is 0.326 e. The molecule has 0 bridgehead atoms. The van der Waals surface area contributed by atoms with Crippen molar-refractivity contribution in [3.05, 3.63) is 0 Å². The molecular weight excluding hydrogens is 262 g/mol. The fourth-order valence-corrected chi connectivity index (χ4v) is 2.87.